The Morgan fingerprint density at radius 2 is 1.84 bits per heavy atom. The van der Waals surface area contributed by atoms with Crippen LogP contribution in [0.3, 0.4) is 0 Å². The minimum Gasteiger partial charge on any atom is -0.329 e. The zero-order valence-electron chi connectivity index (χ0n) is 10.2. The van der Waals surface area contributed by atoms with Gasteiger partial charge in [-0.2, -0.15) is 0 Å². The van der Waals surface area contributed by atoms with Crippen molar-refractivity contribution in [1.29, 1.82) is 0 Å². The van der Waals surface area contributed by atoms with Crippen molar-refractivity contribution in [1.82, 2.24) is 14.9 Å². The predicted octanol–water partition coefficient (Wildman–Crippen LogP) is 0.918. The summed E-state index contributed by atoms with van der Waals surface area (Å²) in [6.45, 7) is 1.24. The third-order valence-corrected chi connectivity index (χ3v) is 3.15. The number of hydrogen-bond donors (Lipinski definition) is 2. The van der Waals surface area contributed by atoms with Gasteiger partial charge >= 0.3 is 0 Å². The number of carbonyl (C=O) groups excluding carboxylic acids is 1. The van der Waals surface area contributed by atoms with Crippen LogP contribution in [0, 0.1) is 0 Å². The summed E-state index contributed by atoms with van der Waals surface area (Å²) in [6, 6.07) is 8.04. The van der Waals surface area contributed by atoms with Crippen LogP contribution in [0.1, 0.15) is 21.6 Å². The van der Waals surface area contributed by atoms with E-state index in [9.17, 15) is 4.79 Å². The van der Waals surface area contributed by atoms with Crippen molar-refractivity contribution < 1.29 is 4.79 Å². The Bertz CT molecular complexity index is 586. The fourth-order valence-electron chi connectivity index (χ4n) is 2.15. The topological polar surface area (TPSA) is 84.1 Å². The molecule has 0 unspecified atom stereocenters. The van der Waals surface area contributed by atoms with Crippen molar-refractivity contribution in [3.63, 3.8) is 0 Å². The Hall–Kier alpha value is -2.47. The third kappa shape index (κ3) is 2.13. The van der Waals surface area contributed by atoms with Crippen molar-refractivity contribution in [3.8, 4) is 0 Å². The fourth-order valence-corrected chi connectivity index (χ4v) is 2.15. The summed E-state index contributed by atoms with van der Waals surface area (Å²) in [5, 5.41) is 0. The van der Waals surface area contributed by atoms with E-state index in [1.165, 1.54) is 23.5 Å². The van der Waals surface area contributed by atoms with E-state index in [1.807, 2.05) is 24.3 Å². The molecule has 19 heavy (non-hydrogen) atoms. The highest BCUT2D eigenvalue weighted by Gasteiger charge is 2.24. The normalized spacial score (nSPS) is 13.2. The number of amides is 1. The van der Waals surface area contributed by atoms with Crippen LogP contribution in [0.4, 0.5) is 5.82 Å². The first-order valence-corrected chi connectivity index (χ1v) is 5.92. The number of nitrogens with two attached hydrogens (primary N) is 1. The average Bonchev–Trinajstić information content (AvgIpc) is 2.90. The van der Waals surface area contributed by atoms with Crippen LogP contribution in [-0.2, 0) is 13.1 Å². The molecule has 1 aromatic heterocycles. The number of anilines is 1. The van der Waals surface area contributed by atoms with Gasteiger partial charge in [-0.25, -0.2) is 15.8 Å². The number of hydrazine groups is 1. The molecule has 3 rings (SSSR count). The Morgan fingerprint density at radius 1 is 1.16 bits per heavy atom. The highest BCUT2D eigenvalue weighted by molar-refractivity contribution is 5.92. The molecule has 0 radical (unpaired) electrons. The summed E-state index contributed by atoms with van der Waals surface area (Å²) < 4.78 is 0. The first-order valence-electron chi connectivity index (χ1n) is 5.92. The minimum atomic E-state index is -0.118. The molecule has 1 aliphatic rings. The largest absolute Gasteiger partial charge is 0.329 e. The second-order valence-corrected chi connectivity index (χ2v) is 4.36. The minimum absolute atomic E-state index is 0.118. The Kier molecular flexibility index (Phi) is 2.85. The lowest BCUT2D eigenvalue weighted by molar-refractivity contribution is 0.0745. The monoisotopic (exact) mass is 255 g/mol. The summed E-state index contributed by atoms with van der Waals surface area (Å²) in [4.78, 5) is 22.1. The molecule has 0 saturated heterocycles. The maximum absolute atomic E-state index is 12.3. The van der Waals surface area contributed by atoms with E-state index < -0.39 is 0 Å². The molecule has 0 aliphatic carbocycles. The molecule has 0 atom stereocenters. The third-order valence-electron chi connectivity index (χ3n) is 3.15. The molecular weight excluding hydrogens is 242 g/mol. The Labute approximate surface area is 110 Å². The van der Waals surface area contributed by atoms with E-state index in [1.54, 1.807) is 4.90 Å². The zero-order chi connectivity index (χ0) is 13.2. The second kappa shape index (κ2) is 4.66. The van der Waals surface area contributed by atoms with Crippen LogP contribution in [0.2, 0.25) is 0 Å². The first kappa shape index (κ1) is 11.6. The maximum Gasteiger partial charge on any atom is 0.274 e. The summed E-state index contributed by atoms with van der Waals surface area (Å²) in [5.41, 5.74) is 5.07. The molecular formula is C13H13N5O. The molecule has 2 heterocycles. The van der Waals surface area contributed by atoms with Gasteiger partial charge in [-0.1, -0.05) is 24.3 Å². The first-order chi connectivity index (χ1) is 9.28. The quantitative estimate of drug-likeness (QED) is 0.615. The number of carbonyl (C=O) groups is 1. The molecule has 1 amide bonds. The van der Waals surface area contributed by atoms with Gasteiger partial charge in [-0.15, -0.1) is 0 Å². The molecule has 0 spiro atoms. The molecule has 2 aromatic rings. The average molecular weight is 255 g/mol. The lowest BCUT2D eigenvalue weighted by Gasteiger charge is -2.14. The van der Waals surface area contributed by atoms with Gasteiger partial charge < -0.3 is 10.3 Å². The zero-order valence-corrected chi connectivity index (χ0v) is 10.2. The fraction of sp³-hybridized carbons (Fsp3) is 0.154. The lowest BCUT2D eigenvalue weighted by atomic mass is 10.1. The van der Waals surface area contributed by atoms with E-state index in [0.29, 0.717) is 24.6 Å². The van der Waals surface area contributed by atoms with Crippen molar-refractivity contribution >= 4 is 11.7 Å². The van der Waals surface area contributed by atoms with Crippen LogP contribution < -0.4 is 11.3 Å². The van der Waals surface area contributed by atoms with Crippen LogP contribution >= 0.6 is 0 Å². The molecule has 1 aliphatic heterocycles. The Morgan fingerprint density at radius 3 is 2.37 bits per heavy atom. The molecule has 0 saturated carbocycles. The van der Waals surface area contributed by atoms with Crippen LogP contribution in [0.15, 0.2) is 36.7 Å². The molecule has 1 aromatic carbocycles. The molecule has 0 fully saturated rings. The van der Waals surface area contributed by atoms with E-state index in [-0.39, 0.29) is 5.91 Å². The van der Waals surface area contributed by atoms with E-state index in [2.05, 4.69) is 15.4 Å². The summed E-state index contributed by atoms with van der Waals surface area (Å²) >= 11 is 0. The van der Waals surface area contributed by atoms with Gasteiger partial charge in [0, 0.05) is 13.1 Å². The summed E-state index contributed by atoms with van der Waals surface area (Å²) in [6.07, 6.45) is 2.87. The highest BCUT2D eigenvalue weighted by atomic mass is 16.2. The van der Waals surface area contributed by atoms with Crippen molar-refractivity contribution in [2.75, 3.05) is 5.43 Å². The van der Waals surface area contributed by atoms with Crippen molar-refractivity contribution in [2.24, 2.45) is 5.84 Å². The smallest absolute Gasteiger partial charge is 0.274 e. The summed E-state index contributed by atoms with van der Waals surface area (Å²) in [5.74, 6) is 5.52. The van der Waals surface area contributed by atoms with Crippen molar-refractivity contribution in [2.45, 2.75) is 13.1 Å². The number of hydrogen-bond acceptors (Lipinski definition) is 5. The van der Waals surface area contributed by atoms with Gasteiger partial charge in [0.05, 0.1) is 12.4 Å². The number of fused-ring (bicyclic) bond motifs is 1. The number of nitrogens with one attached hydrogen (secondary N) is 1. The van der Waals surface area contributed by atoms with Gasteiger partial charge in [0.2, 0.25) is 0 Å². The van der Waals surface area contributed by atoms with E-state index >= 15 is 0 Å². The van der Waals surface area contributed by atoms with Gasteiger partial charge in [0.15, 0.2) is 5.82 Å². The van der Waals surface area contributed by atoms with Crippen LogP contribution in [-0.4, -0.2) is 20.8 Å². The number of aromatic nitrogens is 2. The maximum atomic E-state index is 12.3. The standard InChI is InChI=1S/C13H13N5O/c14-17-12-6-15-11(5-16-12)13(19)18-7-9-3-1-2-4-10(9)8-18/h1-6H,7-8,14H2,(H,16,17). The van der Waals surface area contributed by atoms with Gasteiger partial charge in [0.1, 0.15) is 5.69 Å². The molecule has 0 bridgehead atoms. The number of nitrogen functional groups attached to an aromatic ring is 1. The predicted molar refractivity (Wildman–Crippen MR) is 69.9 cm³/mol. The van der Waals surface area contributed by atoms with Gasteiger partial charge in [-0.05, 0) is 11.1 Å². The number of benzene rings is 1. The second-order valence-electron chi connectivity index (χ2n) is 4.36. The number of rotatable bonds is 2. The highest BCUT2D eigenvalue weighted by Crippen LogP contribution is 2.23. The van der Waals surface area contributed by atoms with Crippen LogP contribution in [0.25, 0.3) is 0 Å². The number of nitrogens with zero attached hydrogens (tertiary/aromatic N) is 3. The SMILES string of the molecule is NNc1cnc(C(=O)N2Cc3ccccc3C2)cn1. The summed E-state index contributed by atoms with van der Waals surface area (Å²) in [7, 11) is 0. The molecule has 3 N–H and O–H groups in total. The van der Waals surface area contributed by atoms with Gasteiger partial charge in [-0.3, -0.25) is 4.79 Å². The van der Waals surface area contributed by atoms with Gasteiger partial charge in [0.25, 0.3) is 5.91 Å². The molecule has 6 heteroatoms. The molecule has 96 valence electrons. The molecule has 6 nitrogen and oxygen atoms in total. The van der Waals surface area contributed by atoms with E-state index in [0.717, 1.165) is 0 Å². The van der Waals surface area contributed by atoms with Crippen LogP contribution in [0.5, 0.6) is 0 Å². The lowest BCUT2D eigenvalue weighted by Crippen LogP contribution is -2.26. The Balaban J connectivity index is 1.79. The van der Waals surface area contributed by atoms with Crippen molar-refractivity contribution in [3.05, 3.63) is 53.5 Å². The van der Waals surface area contributed by atoms with E-state index in [4.69, 9.17) is 5.84 Å².